The number of piperazine rings is 1. The summed E-state index contributed by atoms with van der Waals surface area (Å²) < 4.78 is 13.3. The lowest BCUT2D eigenvalue weighted by molar-refractivity contribution is -0.142. The Balaban J connectivity index is 1.32. The molecule has 2 amide bonds. The highest BCUT2D eigenvalue weighted by Crippen LogP contribution is 2.32. The van der Waals surface area contributed by atoms with Crippen LogP contribution in [0, 0.1) is 5.92 Å². The lowest BCUT2D eigenvalue weighted by atomic mass is 9.97. The molecule has 5 rings (SSSR count). The zero-order chi connectivity index (χ0) is 22.1. The SMILES string of the molecule is Cn1cc(-c2ccc3c(c2)NC(=O)CN2CCN(C(=O)C4CCOCC4)C[C@H]2CO3)cn1. The molecule has 2 fully saturated rings. The van der Waals surface area contributed by atoms with Crippen molar-refractivity contribution in [3.05, 3.63) is 30.6 Å². The zero-order valence-electron chi connectivity index (χ0n) is 18.3. The van der Waals surface area contributed by atoms with Gasteiger partial charge in [0.1, 0.15) is 12.4 Å². The summed E-state index contributed by atoms with van der Waals surface area (Å²) in [7, 11) is 1.87. The average molecular weight is 440 g/mol. The van der Waals surface area contributed by atoms with Crippen LogP contribution in [0.2, 0.25) is 0 Å². The first-order chi connectivity index (χ1) is 15.6. The molecule has 3 aliphatic rings. The van der Waals surface area contributed by atoms with E-state index in [9.17, 15) is 9.59 Å². The van der Waals surface area contributed by atoms with E-state index in [0.29, 0.717) is 50.9 Å². The van der Waals surface area contributed by atoms with Crippen LogP contribution in [0.25, 0.3) is 11.1 Å². The molecule has 9 nitrogen and oxygen atoms in total. The highest BCUT2D eigenvalue weighted by atomic mass is 16.5. The summed E-state index contributed by atoms with van der Waals surface area (Å²) in [5, 5.41) is 7.24. The highest BCUT2D eigenvalue weighted by Gasteiger charge is 2.35. The van der Waals surface area contributed by atoms with E-state index in [1.165, 1.54) is 0 Å². The molecule has 1 aromatic heterocycles. The maximum Gasteiger partial charge on any atom is 0.238 e. The zero-order valence-corrected chi connectivity index (χ0v) is 18.3. The Morgan fingerprint density at radius 1 is 1.19 bits per heavy atom. The fraction of sp³-hybridized carbons (Fsp3) is 0.522. The molecule has 32 heavy (non-hydrogen) atoms. The number of carbonyl (C=O) groups is 2. The quantitative estimate of drug-likeness (QED) is 0.760. The molecule has 0 radical (unpaired) electrons. The van der Waals surface area contributed by atoms with Gasteiger partial charge in [0.2, 0.25) is 11.8 Å². The van der Waals surface area contributed by atoms with Crippen molar-refractivity contribution >= 4 is 17.5 Å². The van der Waals surface area contributed by atoms with Gasteiger partial charge in [0.25, 0.3) is 0 Å². The van der Waals surface area contributed by atoms with Crippen molar-refractivity contribution in [2.24, 2.45) is 13.0 Å². The van der Waals surface area contributed by atoms with Crippen molar-refractivity contribution in [1.29, 1.82) is 0 Å². The van der Waals surface area contributed by atoms with Crippen LogP contribution in [0.1, 0.15) is 12.8 Å². The summed E-state index contributed by atoms with van der Waals surface area (Å²) >= 11 is 0. The van der Waals surface area contributed by atoms with Gasteiger partial charge < -0.3 is 19.7 Å². The Labute approximate surface area is 187 Å². The van der Waals surface area contributed by atoms with Crippen molar-refractivity contribution in [3.63, 3.8) is 0 Å². The van der Waals surface area contributed by atoms with Crippen LogP contribution in [0.15, 0.2) is 30.6 Å². The highest BCUT2D eigenvalue weighted by molar-refractivity contribution is 5.94. The normalized spacial score (nSPS) is 22.6. The van der Waals surface area contributed by atoms with Gasteiger partial charge in [0, 0.05) is 57.6 Å². The third kappa shape index (κ3) is 4.35. The van der Waals surface area contributed by atoms with Crippen molar-refractivity contribution in [2.75, 3.05) is 51.3 Å². The number of aryl methyl sites for hydroxylation is 1. The summed E-state index contributed by atoms with van der Waals surface area (Å²) in [6, 6.07) is 5.76. The Bertz CT molecular complexity index is 1000. The van der Waals surface area contributed by atoms with Gasteiger partial charge in [-0.05, 0) is 30.5 Å². The molecule has 1 aromatic carbocycles. The molecule has 170 valence electrons. The molecule has 9 heteroatoms. The number of nitrogens with zero attached hydrogens (tertiary/aromatic N) is 4. The molecule has 0 unspecified atom stereocenters. The first-order valence-electron chi connectivity index (χ1n) is 11.2. The Morgan fingerprint density at radius 2 is 2.03 bits per heavy atom. The maximum atomic E-state index is 13.0. The predicted octanol–water partition coefficient (Wildman–Crippen LogP) is 1.36. The summed E-state index contributed by atoms with van der Waals surface area (Å²) in [6.07, 6.45) is 5.30. The summed E-state index contributed by atoms with van der Waals surface area (Å²) in [5.74, 6) is 0.816. The van der Waals surface area contributed by atoms with Gasteiger partial charge in [-0.15, -0.1) is 0 Å². The molecule has 0 bridgehead atoms. The van der Waals surface area contributed by atoms with Crippen LogP contribution in [0.3, 0.4) is 0 Å². The molecule has 0 saturated carbocycles. The number of carbonyl (C=O) groups excluding carboxylic acids is 2. The fourth-order valence-electron chi connectivity index (χ4n) is 4.73. The Hall–Kier alpha value is -2.91. The molecule has 2 aromatic rings. The van der Waals surface area contributed by atoms with Crippen molar-refractivity contribution < 1.29 is 19.1 Å². The number of rotatable bonds is 2. The van der Waals surface area contributed by atoms with Gasteiger partial charge in [-0.25, -0.2) is 0 Å². The second kappa shape index (κ2) is 8.91. The van der Waals surface area contributed by atoms with Gasteiger partial charge in [-0.3, -0.25) is 19.2 Å². The number of benzene rings is 1. The minimum absolute atomic E-state index is 0.0257. The van der Waals surface area contributed by atoms with Crippen LogP contribution in [-0.2, 0) is 21.4 Å². The largest absolute Gasteiger partial charge is 0.490 e. The van der Waals surface area contributed by atoms with Crippen LogP contribution < -0.4 is 10.1 Å². The van der Waals surface area contributed by atoms with Crippen molar-refractivity contribution in [2.45, 2.75) is 18.9 Å². The van der Waals surface area contributed by atoms with E-state index < -0.39 is 0 Å². The van der Waals surface area contributed by atoms with E-state index in [1.54, 1.807) is 10.9 Å². The maximum absolute atomic E-state index is 13.0. The monoisotopic (exact) mass is 439 g/mol. The van der Waals surface area contributed by atoms with Crippen molar-refractivity contribution in [1.82, 2.24) is 19.6 Å². The number of hydrogen-bond donors (Lipinski definition) is 1. The van der Waals surface area contributed by atoms with Crippen molar-refractivity contribution in [3.8, 4) is 16.9 Å². The minimum atomic E-state index is -0.0747. The molecule has 2 saturated heterocycles. The summed E-state index contributed by atoms with van der Waals surface area (Å²) in [4.78, 5) is 29.9. The molecule has 1 N–H and O–H groups in total. The first-order valence-corrected chi connectivity index (χ1v) is 11.2. The number of amides is 2. The molecule has 4 heterocycles. The molecule has 1 atom stereocenters. The van der Waals surface area contributed by atoms with E-state index in [4.69, 9.17) is 9.47 Å². The summed E-state index contributed by atoms with van der Waals surface area (Å²) in [5.41, 5.74) is 2.60. The van der Waals surface area contributed by atoms with Gasteiger partial charge in [0.15, 0.2) is 0 Å². The van der Waals surface area contributed by atoms with E-state index in [0.717, 1.165) is 24.0 Å². The average Bonchev–Trinajstić information content (AvgIpc) is 3.26. The van der Waals surface area contributed by atoms with E-state index in [2.05, 4.69) is 15.3 Å². The number of anilines is 1. The molecule has 3 aliphatic heterocycles. The first kappa shape index (κ1) is 21.0. The minimum Gasteiger partial charge on any atom is -0.490 e. The van der Waals surface area contributed by atoms with E-state index in [1.807, 2.05) is 36.3 Å². The fourth-order valence-corrected chi connectivity index (χ4v) is 4.73. The Morgan fingerprint density at radius 3 is 2.81 bits per heavy atom. The molecule has 0 aliphatic carbocycles. The molecular weight excluding hydrogens is 410 g/mol. The second-order valence-electron chi connectivity index (χ2n) is 8.77. The summed E-state index contributed by atoms with van der Waals surface area (Å²) in [6.45, 7) is 3.88. The van der Waals surface area contributed by atoms with Gasteiger partial charge in [-0.2, -0.15) is 5.10 Å². The smallest absolute Gasteiger partial charge is 0.238 e. The third-order valence-electron chi connectivity index (χ3n) is 6.56. The van der Waals surface area contributed by atoms with Crippen LogP contribution in [-0.4, -0.2) is 83.4 Å². The van der Waals surface area contributed by atoms with Gasteiger partial charge in [0.05, 0.1) is 24.5 Å². The number of nitrogens with one attached hydrogen (secondary N) is 1. The van der Waals surface area contributed by atoms with Gasteiger partial charge >= 0.3 is 0 Å². The lowest BCUT2D eigenvalue weighted by Crippen LogP contribution is -2.58. The number of ether oxygens (including phenoxy) is 2. The Kier molecular flexibility index (Phi) is 5.84. The number of hydrogen-bond acceptors (Lipinski definition) is 6. The van der Waals surface area contributed by atoms with Crippen LogP contribution in [0.4, 0.5) is 5.69 Å². The predicted molar refractivity (Wildman–Crippen MR) is 118 cm³/mol. The third-order valence-corrected chi connectivity index (χ3v) is 6.56. The second-order valence-corrected chi connectivity index (χ2v) is 8.77. The lowest BCUT2D eigenvalue weighted by Gasteiger charge is -2.41. The van der Waals surface area contributed by atoms with E-state index >= 15 is 0 Å². The topological polar surface area (TPSA) is 88.9 Å². The van der Waals surface area contributed by atoms with E-state index in [-0.39, 0.29) is 30.3 Å². The molecule has 0 spiro atoms. The van der Waals surface area contributed by atoms with Gasteiger partial charge in [-0.1, -0.05) is 6.07 Å². The number of aromatic nitrogens is 2. The standard InChI is InChI=1S/C23H29N5O4/c1-26-12-18(11-24-26)17-2-3-21-20(10-17)25-22(29)14-27-6-7-28(13-19(27)15-32-21)23(30)16-4-8-31-9-5-16/h2-3,10-12,16,19H,4-9,13-15H2,1H3,(H,25,29)/t19-/m0/s1. The van der Waals surface area contributed by atoms with Crippen LogP contribution >= 0.6 is 0 Å². The number of fused-ring (bicyclic) bond motifs is 2. The molecular formula is C23H29N5O4. The van der Waals surface area contributed by atoms with Crippen LogP contribution in [0.5, 0.6) is 5.75 Å².